The molecule has 1 atom stereocenters. The van der Waals surface area contributed by atoms with Crippen molar-refractivity contribution in [3.63, 3.8) is 0 Å². The molecule has 2 saturated carbocycles. The Morgan fingerprint density at radius 2 is 1.53 bits per heavy atom. The number of hydrogen-bond acceptors (Lipinski definition) is 3. The van der Waals surface area contributed by atoms with Gasteiger partial charge in [-0.15, -0.1) is 25.3 Å². The van der Waals surface area contributed by atoms with Crippen molar-refractivity contribution >= 4 is 35.5 Å². The molecule has 2 fully saturated rings. The van der Waals surface area contributed by atoms with Crippen molar-refractivity contribution in [2.45, 2.75) is 69.5 Å². The highest BCUT2D eigenvalue weighted by Crippen LogP contribution is 2.42. The Labute approximate surface area is 125 Å². The summed E-state index contributed by atoms with van der Waals surface area (Å²) in [6.45, 7) is 0. The first kappa shape index (κ1) is 15.4. The van der Waals surface area contributed by atoms with Crippen LogP contribution in [-0.2, 0) is 14.3 Å². The van der Waals surface area contributed by atoms with E-state index in [2.05, 4.69) is 25.3 Å². The molecule has 0 aromatic heterocycles. The molecule has 3 nitrogen and oxygen atoms in total. The molecule has 0 spiro atoms. The van der Waals surface area contributed by atoms with Gasteiger partial charge in [0.15, 0.2) is 5.12 Å². The Hall–Kier alpha value is -0.000000000000000111. The van der Waals surface area contributed by atoms with E-state index in [0.29, 0.717) is 0 Å². The molecule has 0 N–H and O–H groups in total. The molecule has 0 aromatic carbocycles. The third kappa shape index (κ3) is 3.56. The molecule has 0 saturated heterocycles. The van der Waals surface area contributed by atoms with E-state index in [9.17, 15) is 9.59 Å². The molecule has 0 bridgehead atoms. The molecular formula is C14H22O3S2. The zero-order chi connectivity index (χ0) is 13.9. The van der Waals surface area contributed by atoms with E-state index in [1.54, 1.807) is 0 Å². The highest BCUT2D eigenvalue weighted by Gasteiger charge is 2.48. The predicted molar refractivity (Wildman–Crippen MR) is 80.6 cm³/mol. The number of rotatable bonds is 6. The van der Waals surface area contributed by atoms with Gasteiger partial charge in [-0.05, 0) is 31.6 Å². The maximum absolute atomic E-state index is 12.1. The number of carbonyl (C=O) groups is 2. The maximum atomic E-state index is 12.1. The third-order valence-electron chi connectivity index (χ3n) is 4.47. The summed E-state index contributed by atoms with van der Waals surface area (Å²) < 4.78 is 6.16. The van der Waals surface area contributed by atoms with E-state index in [1.165, 1.54) is 0 Å². The molecule has 0 radical (unpaired) electrons. The van der Waals surface area contributed by atoms with Crippen LogP contribution in [0.2, 0.25) is 0 Å². The summed E-state index contributed by atoms with van der Waals surface area (Å²) in [7, 11) is 0. The van der Waals surface area contributed by atoms with Crippen LogP contribution in [0.25, 0.3) is 0 Å². The highest BCUT2D eigenvalue weighted by molar-refractivity contribution is 7.97. The minimum atomic E-state index is -1.03. The molecule has 0 aromatic rings. The van der Waals surface area contributed by atoms with Crippen LogP contribution in [0.4, 0.5) is 0 Å². The van der Waals surface area contributed by atoms with Crippen LogP contribution in [0.3, 0.4) is 0 Å². The lowest BCUT2D eigenvalue weighted by molar-refractivity contribution is -0.159. The Morgan fingerprint density at radius 3 is 2.00 bits per heavy atom. The van der Waals surface area contributed by atoms with Gasteiger partial charge in [0.2, 0.25) is 5.12 Å². The average molecular weight is 302 g/mol. The second-order valence-corrected chi connectivity index (χ2v) is 6.68. The Kier molecular flexibility index (Phi) is 5.37. The maximum Gasteiger partial charge on any atom is 0.218 e. The standard InChI is InChI=1S/C14H22O3S2/c15-12(18)9-14(13(16)19,10-5-1-2-6-10)17-11-7-3-4-8-11/h10-11H,1-9H2,(H,15,18)(H,16,19). The zero-order valence-electron chi connectivity index (χ0n) is 11.1. The lowest BCUT2D eigenvalue weighted by Crippen LogP contribution is -2.48. The molecule has 0 amide bonds. The minimum Gasteiger partial charge on any atom is -0.362 e. The van der Waals surface area contributed by atoms with Gasteiger partial charge in [-0.25, -0.2) is 0 Å². The van der Waals surface area contributed by atoms with Crippen LogP contribution < -0.4 is 0 Å². The largest absolute Gasteiger partial charge is 0.362 e. The van der Waals surface area contributed by atoms with Crippen LogP contribution in [0.1, 0.15) is 57.8 Å². The third-order valence-corrected chi connectivity index (χ3v) is 5.01. The first-order valence-corrected chi connectivity index (χ1v) is 8.07. The van der Waals surface area contributed by atoms with Crippen LogP contribution in [0.5, 0.6) is 0 Å². The Balaban J connectivity index is 2.21. The normalized spacial score (nSPS) is 24.5. The van der Waals surface area contributed by atoms with Crippen molar-refractivity contribution in [1.29, 1.82) is 0 Å². The Bertz CT molecular complexity index is 347. The molecule has 2 aliphatic rings. The summed E-state index contributed by atoms with van der Waals surface area (Å²) in [6.07, 6.45) is 8.49. The van der Waals surface area contributed by atoms with Crippen molar-refractivity contribution in [1.82, 2.24) is 0 Å². The first-order chi connectivity index (χ1) is 9.04. The fourth-order valence-corrected chi connectivity index (χ4v) is 4.05. The lowest BCUT2D eigenvalue weighted by atomic mass is 9.84. The molecule has 2 rings (SSSR count). The molecule has 0 aliphatic heterocycles. The number of thiol groups is 2. The zero-order valence-corrected chi connectivity index (χ0v) is 12.9. The van der Waals surface area contributed by atoms with Gasteiger partial charge in [-0.3, -0.25) is 9.59 Å². The van der Waals surface area contributed by atoms with E-state index in [4.69, 9.17) is 4.74 Å². The van der Waals surface area contributed by atoms with Gasteiger partial charge in [0.05, 0.1) is 12.5 Å². The summed E-state index contributed by atoms with van der Waals surface area (Å²) in [5.41, 5.74) is -1.03. The van der Waals surface area contributed by atoms with Gasteiger partial charge in [0, 0.05) is 0 Å². The number of hydrogen-bond donors (Lipinski definition) is 2. The molecule has 1 unspecified atom stereocenters. The topological polar surface area (TPSA) is 43.4 Å². The number of ether oxygens (including phenoxy) is 1. The van der Waals surface area contributed by atoms with E-state index < -0.39 is 5.60 Å². The molecule has 2 aliphatic carbocycles. The van der Waals surface area contributed by atoms with Gasteiger partial charge in [-0.2, -0.15) is 0 Å². The summed E-state index contributed by atoms with van der Waals surface area (Å²) in [4.78, 5) is 23.6. The van der Waals surface area contributed by atoms with E-state index in [1.807, 2.05) is 0 Å². The Morgan fingerprint density at radius 1 is 1.00 bits per heavy atom. The highest BCUT2D eigenvalue weighted by atomic mass is 32.1. The monoisotopic (exact) mass is 302 g/mol. The van der Waals surface area contributed by atoms with Crippen molar-refractivity contribution < 1.29 is 14.3 Å². The summed E-state index contributed by atoms with van der Waals surface area (Å²) in [6, 6.07) is 0. The lowest BCUT2D eigenvalue weighted by Gasteiger charge is -2.37. The SMILES string of the molecule is O=C(S)CC(OC1CCCC1)(C(=O)S)C1CCCC1. The molecule has 108 valence electrons. The van der Waals surface area contributed by atoms with Gasteiger partial charge in [0.1, 0.15) is 5.60 Å². The first-order valence-electron chi connectivity index (χ1n) is 7.17. The smallest absolute Gasteiger partial charge is 0.218 e. The molecule has 0 heterocycles. The van der Waals surface area contributed by atoms with Crippen LogP contribution >= 0.6 is 25.3 Å². The fourth-order valence-electron chi connectivity index (χ4n) is 3.50. The van der Waals surface area contributed by atoms with Gasteiger partial charge >= 0.3 is 0 Å². The van der Waals surface area contributed by atoms with Gasteiger partial charge < -0.3 is 4.74 Å². The predicted octanol–water partition coefficient (Wildman–Crippen LogP) is 3.18. The second kappa shape index (κ2) is 6.64. The van der Waals surface area contributed by atoms with Crippen molar-refractivity contribution in [2.75, 3.05) is 0 Å². The molecule has 19 heavy (non-hydrogen) atoms. The molecule has 5 heteroatoms. The fraction of sp³-hybridized carbons (Fsp3) is 0.857. The van der Waals surface area contributed by atoms with E-state index in [-0.39, 0.29) is 28.7 Å². The van der Waals surface area contributed by atoms with Crippen LogP contribution in [0.15, 0.2) is 0 Å². The summed E-state index contributed by atoms with van der Waals surface area (Å²) >= 11 is 7.92. The summed E-state index contributed by atoms with van der Waals surface area (Å²) in [5.74, 6) is 0.120. The van der Waals surface area contributed by atoms with Crippen molar-refractivity contribution in [3.8, 4) is 0 Å². The quantitative estimate of drug-likeness (QED) is 0.741. The van der Waals surface area contributed by atoms with Crippen molar-refractivity contribution in [3.05, 3.63) is 0 Å². The van der Waals surface area contributed by atoms with Crippen LogP contribution in [0, 0.1) is 5.92 Å². The van der Waals surface area contributed by atoms with E-state index >= 15 is 0 Å². The second-order valence-electron chi connectivity index (χ2n) is 5.77. The minimum absolute atomic E-state index is 0.0552. The van der Waals surface area contributed by atoms with E-state index in [0.717, 1.165) is 51.4 Å². The van der Waals surface area contributed by atoms with Crippen LogP contribution in [-0.4, -0.2) is 21.9 Å². The van der Waals surface area contributed by atoms with Gasteiger partial charge in [-0.1, -0.05) is 25.7 Å². The molecular weight excluding hydrogens is 280 g/mol. The average Bonchev–Trinajstić information content (AvgIpc) is 2.99. The van der Waals surface area contributed by atoms with Crippen molar-refractivity contribution in [2.24, 2.45) is 5.92 Å². The number of carbonyl (C=O) groups excluding carboxylic acids is 2. The summed E-state index contributed by atoms with van der Waals surface area (Å²) in [5, 5.41) is -0.582. The van der Waals surface area contributed by atoms with Gasteiger partial charge in [0.25, 0.3) is 0 Å².